The fourth-order valence-electron chi connectivity index (χ4n) is 2.06. The van der Waals surface area contributed by atoms with E-state index in [-0.39, 0.29) is 4.90 Å². The molecular formula is C12H23N5O2S. The lowest BCUT2D eigenvalue weighted by molar-refractivity contribution is 0.135. The maximum atomic E-state index is 12.3. The van der Waals surface area contributed by atoms with Crippen molar-refractivity contribution >= 4 is 10.0 Å². The maximum absolute atomic E-state index is 12.3. The Kier molecular flexibility index (Phi) is 5.17. The third kappa shape index (κ3) is 4.03. The number of rotatable bonds is 6. The monoisotopic (exact) mass is 301 g/mol. The van der Waals surface area contributed by atoms with Crippen LogP contribution in [0.5, 0.6) is 0 Å². The summed E-state index contributed by atoms with van der Waals surface area (Å²) in [6.07, 6.45) is 1.53. The summed E-state index contributed by atoms with van der Waals surface area (Å²) in [4.78, 5) is 8.08. The van der Waals surface area contributed by atoms with E-state index in [0.29, 0.717) is 19.6 Å². The fraction of sp³-hybridized carbons (Fsp3) is 0.667. The lowest BCUT2D eigenvalue weighted by Crippen LogP contribution is -2.52. The van der Waals surface area contributed by atoms with Gasteiger partial charge < -0.3 is 15.2 Å². The predicted molar refractivity (Wildman–Crippen MR) is 77.6 cm³/mol. The van der Waals surface area contributed by atoms with Crippen molar-refractivity contribution in [3.8, 4) is 0 Å². The van der Waals surface area contributed by atoms with Crippen LogP contribution in [-0.2, 0) is 16.6 Å². The van der Waals surface area contributed by atoms with E-state index in [1.807, 2.05) is 14.0 Å². The molecule has 114 valence electrons. The molecule has 20 heavy (non-hydrogen) atoms. The van der Waals surface area contributed by atoms with Gasteiger partial charge in [-0.15, -0.1) is 4.83 Å². The van der Waals surface area contributed by atoms with Gasteiger partial charge in [0.25, 0.3) is 10.0 Å². The van der Waals surface area contributed by atoms with E-state index in [1.54, 1.807) is 11.1 Å². The Balaban J connectivity index is 1.97. The van der Waals surface area contributed by atoms with Crippen molar-refractivity contribution in [2.45, 2.75) is 18.4 Å². The Morgan fingerprint density at radius 2 is 2.00 bits per heavy atom. The molecule has 0 saturated carbocycles. The van der Waals surface area contributed by atoms with Gasteiger partial charge in [0.1, 0.15) is 4.90 Å². The highest BCUT2D eigenvalue weighted by Crippen LogP contribution is 2.11. The molecule has 0 spiro atoms. The zero-order valence-corrected chi connectivity index (χ0v) is 12.8. The molecule has 0 aliphatic carbocycles. The number of hydrazine groups is 1. The first-order chi connectivity index (χ1) is 9.51. The van der Waals surface area contributed by atoms with E-state index in [1.165, 1.54) is 6.20 Å². The van der Waals surface area contributed by atoms with Crippen LogP contribution in [-0.4, -0.2) is 63.1 Å². The molecule has 1 saturated heterocycles. The first-order valence-corrected chi connectivity index (χ1v) is 8.33. The summed E-state index contributed by atoms with van der Waals surface area (Å²) < 4.78 is 24.5. The number of likely N-dealkylation sites (N-methyl/N-ethyl adjacent to an activating group) is 1. The van der Waals surface area contributed by atoms with Gasteiger partial charge in [0, 0.05) is 44.6 Å². The second-order valence-electron chi connectivity index (χ2n) is 5.03. The summed E-state index contributed by atoms with van der Waals surface area (Å²) in [7, 11) is -1.45. The number of nitrogens with zero attached hydrogens (tertiary/aromatic N) is 2. The van der Waals surface area contributed by atoms with E-state index < -0.39 is 10.0 Å². The topological polar surface area (TPSA) is 80.5 Å². The molecule has 0 amide bonds. The number of aromatic amines is 1. The summed E-state index contributed by atoms with van der Waals surface area (Å²) in [6, 6.07) is 1.67. The largest absolute Gasteiger partial charge is 0.363 e. The van der Waals surface area contributed by atoms with Gasteiger partial charge in [-0.1, -0.05) is 6.92 Å². The highest BCUT2D eigenvalue weighted by Gasteiger charge is 2.22. The summed E-state index contributed by atoms with van der Waals surface area (Å²) in [5.41, 5.74) is 0.866. The molecule has 1 aromatic rings. The number of aromatic nitrogens is 1. The minimum Gasteiger partial charge on any atom is -0.363 e. The smallest absolute Gasteiger partial charge is 0.254 e. The molecule has 1 aromatic heterocycles. The van der Waals surface area contributed by atoms with E-state index >= 15 is 0 Å². The molecule has 7 nitrogen and oxygen atoms in total. The van der Waals surface area contributed by atoms with Crippen molar-refractivity contribution in [1.82, 2.24) is 25.0 Å². The Labute approximate surface area is 120 Å². The molecular weight excluding hydrogens is 278 g/mol. The fourth-order valence-corrected chi connectivity index (χ4v) is 3.20. The number of hydrogen-bond acceptors (Lipinski definition) is 5. The Hall–Kier alpha value is -0.930. The van der Waals surface area contributed by atoms with Gasteiger partial charge in [-0.05, 0) is 19.7 Å². The lowest BCUT2D eigenvalue weighted by Gasteiger charge is -2.31. The molecule has 0 radical (unpaired) electrons. The predicted octanol–water partition coefficient (Wildman–Crippen LogP) is -0.435. The molecule has 0 atom stereocenters. The molecule has 1 aliphatic heterocycles. The SMILES string of the molecule is CCNCc1cc(S(=O)(=O)NN2CCN(C)CC2)c[nH]1. The van der Waals surface area contributed by atoms with Crippen molar-refractivity contribution in [2.75, 3.05) is 39.8 Å². The molecule has 3 N–H and O–H groups in total. The normalized spacial score (nSPS) is 18.5. The summed E-state index contributed by atoms with van der Waals surface area (Å²) in [5.74, 6) is 0. The van der Waals surface area contributed by atoms with Crippen molar-refractivity contribution in [3.63, 3.8) is 0 Å². The summed E-state index contributed by atoms with van der Waals surface area (Å²) in [5, 5.41) is 4.91. The van der Waals surface area contributed by atoms with E-state index in [9.17, 15) is 8.42 Å². The number of piperazine rings is 1. The van der Waals surface area contributed by atoms with E-state index in [0.717, 1.165) is 25.3 Å². The summed E-state index contributed by atoms with van der Waals surface area (Å²) >= 11 is 0. The third-order valence-electron chi connectivity index (χ3n) is 3.34. The van der Waals surface area contributed by atoms with Crippen molar-refractivity contribution in [1.29, 1.82) is 0 Å². The zero-order valence-electron chi connectivity index (χ0n) is 12.0. The quantitative estimate of drug-likeness (QED) is 0.664. The third-order valence-corrected chi connectivity index (χ3v) is 4.70. The Morgan fingerprint density at radius 3 is 2.65 bits per heavy atom. The van der Waals surface area contributed by atoms with Gasteiger partial charge >= 0.3 is 0 Å². The van der Waals surface area contributed by atoms with Gasteiger partial charge in [0.05, 0.1) is 0 Å². The zero-order chi connectivity index (χ0) is 14.6. The average Bonchev–Trinajstić information content (AvgIpc) is 2.88. The highest BCUT2D eigenvalue weighted by atomic mass is 32.2. The van der Waals surface area contributed by atoms with Crippen LogP contribution >= 0.6 is 0 Å². The number of nitrogens with one attached hydrogen (secondary N) is 3. The van der Waals surface area contributed by atoms with Crippen molar-refractivity contribution in [2.24, 2.45) is 0 Å². The summed E-state index contributed by atoms with van der Waals surface area (Å²) in [6.45, 7) is 6.62. The maximum Gasteiger partial charge on any atom is 0.254 e. The molecule has 1 aliphatic rings. The minimum atomic E-state index is -3.48. The van der Waals surface area contributed by atoms with Gasteiger partial charge in [0.2, 0.25) is 0 Å². The van der Waals surface area contributed by atoms with Gasteiger partial charge in [0.15, 0.2) is 0 Å². The number of H-pyrrole nitrogens is 1. The Bertz CT molecular complexity index is 520. The van der Waals surface area contributed by atoms with Crippen molar-refractivity contribution < 1.29 is 8.42 Å². The van der Waals surface area contributed by atoms with Crippen LogP contribution < -0.4 is 10.1 Å². The van der Waals surface area contributed by atoms with E-state index in [4.69, 9.17) is 0 Å². The van der Waals surface area contributed by atoms with Crippen LogP contribution in [0.25, 0.3) is 0 Å². The van der Waals surface area contributed by atoms with Crippen LogP contribution in [0.4, 0.5) is 0 Å². The average molecular weight is 301 g/mol. The van der Waals surface area contributed by atoms with Crippen LogP contribution in [0, 0.1) is 0 Å². The number of sulfonamides is 1. The second-order valence-corrected chi connectivity index (χ2v) is 6.69. The van der Waals surface area contributed by atoms with Gasteiger partial charge in [-0.25, -0.2) is 13.4 Å². The molecule has 2 heterocycles. The second kappa shape index (κ2) is 6.68. The van der Waals surface area contributed by atoms with Gasteiger partial charge in [-0.3, -0.25) is 0 Å². The lowest BCUT2D eigenvalue weighted by atomic mass is 10.4. The first kappa shape index (κ1) is 15.5. The molecule has 0 bridgehead atoms. The van der Waals surface area contributed by atoms with Crippen LogP contribution in [0.3, 0.4) is 0 Å². The number of hydrogen-bond donors (Lipinski definition) is 3. The van der Waals surface area contributed by atoms with Crippen molar-refractivity contribution in [3.05, 3.63) is 18.0 Å². The van der Waals surface area contributed by atoms with Crippen LogP contribution in [0.1, 0.15) is 12.6 Å². The Morgan fingerprint density at radius 1 is 1.30 bits per heavy atom. The minimum absolute atomic E-state index is 0.282. The van der Waals surface area contributed by atoms with Gasteiger partial charge in [-0.2, -0.15) is 0 Å². The first-order valence-electron chi connectivity index (χ1n) is 6.85. The standard InChI is InChI=1S/C12H23N5O2S/c1-3-13-9-11-8-12(10-14-11)20(18,19)15-17-6-4-16(2)5-7-17/h8,10,13-15H,3-7,9H2,1-2H3. The molecule has 0 aromatic carbocycles. The molecule has 8 heteroatoms. The van der Waals surface area contributed by atoms with Crippen LogP contribution in [0.15, 0.2) is 17.2 Å². The van der Waals surface area contributed by atoms with Crippen LogP contribution in [0.2, 0.25) is 0 Å². The molecule has 2 rings (SSSR count). The molecule has 0 unspecified atom stereocenters. The molecule has 1 fully saturated rings. The van der Waals surface area contributed by atoms with E-state index in [2.05, 4.69) is 20.0 Å². The highest BCUT2D eigenvalue weighted by molar-refractivity contribution is 7.89.